The summed E-state index contributed by atoms with van der Waals surface area (Å²) in [6, 6.07) is 26.7. The Kier molecular flexibility index (Phi) is 3.38. The molecule has 118 valence electrons. The maximum atomic E-state index is 2.97. The van der Waals surface area contributed by atoms with Crippen LogP contribution in [-0.4, -0.2) is 52.6 Å². The van der Waals surface area contributed by atoms with Crippen molar-refractivity contribution < 1.29 is 0 Å². The van der Waals surface area contributed by atoms with Gasteiger partial charge in [-0.05, 0) is 38.9 Å². The maximum absolute atomic E-state index is 2.97. The first-order valence-corrected chi connectivity index (χ1v) is 10.7. The van der Waals surface area contributed by atoms with E-state index in [1.807, 2.05) is 0 Å². The number of benzene rings is 3. The third-order valence-electron chi connectivity index (χ3n) is 6.19. The summed E-state index contributed by atoms with van der Waals surface area (Å²) >= 11 is 8.83. The summed E-state index contributed by atoms with van der Waals surface area (Å²) in [5, 5.41) is 0. The molecule has 6 radical (unpaired) electrons. The topological polar surface area (TPSA) is 4.93 Å². The van der Waals surface area contributed by atoms with E-state index in [0.717, 1.165) is 0 Å². The van der Waals surface area contributed by atoms with Gasteiger partial charge in [0.1, 0.15) is 0 Å². The van der Waals surface area contributed by atoms with E-state index in [1.165, 1.54) is 53.6 Å². The van der Waals surface area contributed by atoms with Gasteiger partial charge in [0.25, 0.3) is 0 Å². The molecule has 1 heterocycles. The number of hydrogen-bond donors (Lipinski definition) is 0. The first kappa shape index (κ1) is 16.5. The molecule has 4 heteroatoms. The van der Waals surface area contributed by atoms with Gasteiger partial charge in [-0.15, -0.1) is 8.98 Å². The Morgan fingerprint density at radius 2 is 1.07 bits per heavy atom. The van der Waals surface area contributed by atoms with E-state index >= 15 is 0 Å². The first-order valence-electron chi connectivity index (χ1n) is 9.01. The average Bonchev–Trinajstić information content (AvgIpc) is 3.27. The highest BCUT2D eigenvalue weighted by Gasteiger charge is 2.53. The lowest BCUT2D eigenvalue weighted by Gasteiger charge is -2.32. The Bertz CT molecular complexity index is 1220. The van der Waals surface area contributed by atoms with Gasteiger partial charge in [0, 0.05) is 5.69 Å². The molecular formula is C23H12Al3N. The zero-order valence-corrected chi connectivity index (χ0v) is 18.1. The Morgan fingerprint density at radius 3 is 1.63 bits per heavy atom. The molecule has 27 heavy (non-hydrogen) atoms. The van der Waals surface area contributed by atoms with Crippen LogP contribution in [0.15, 0.2) is 72.8 Å². The van der Waals surface area contributed by atoms with Gasteiger partial charge in [0.15, 0.2) is 32.6 Å². The van der Waals surface area contributed by atoms with Crippen LogP contribution in [0.3, 0.4) is 0 Å². The molecule has 0 atom stereocenters. The highest BCUT2D eigenvalue weighted by molar-refractivity contribution is 6.52. The van der Waals surface area contributed by atoms with Crippen LogP contribution in [0.1, 0.15) is 22.4 Å². The van der Waals surface area contributed by atoms with E-state index in [1.54, 1.807) is 0 Å². The van der Waals surface area contributed by atoms with E-state index in [0.29, 0.717) is 0 Å². The van der Waals surface area contributed by atoms with E-state index in [2.05, 4.69) is 125 Å². The minimum absolute atomic E-state index is 0.263. The van der Waals surface area contributed by atoms with Crippen molar-refractivity contribution in [1.29, 1.82) is 0 Å². The fourth-order valence-corrected chi connectivity index (χ4v) is 6.52. The second kappa shape index (κ2) is 5.54. The lowest BCUT2D eigenvalue weighted by atomic mass is 9.73. The minimum atomic E-state index is -0.263. The molecule has 1 nitrogen and oxygen atoms in total. The molecule has 0 N–H and O–H groups in total. The number of hydrogen-bond acceptors (Lipinski definition) is 0. The third-order valence-corrected chi connectivity index (χ3v) is 8.53. The van der Waals surface area contributed by atoms with E-state index in [9.17, 15) is 0 Å². The van der Waals surface area contributed by atoms with Crippen molar-refractivity contribution >= 4 is 58.1 Å². The molecule has 0 aliphatic heterocycles. The minimum Gasteiger partial charge on any atom is -0.473 e. The molecule has 0 unspecified atom stereocenters. The molecule has 0 saturated heterocycles. The van der Waals surface area contributed by atoms with Crippen molar-refractivity contribution in [3.05, 3.63) is 95.2 Å². The SMILES string of the molecule is [Al][c]1c2c([n]([Al])[c]1[Al])C1(c3ccccc3-c3ccccc31)c1ccccc1-2. The van der Waals surface area contributed by atoms with Crippen LogP contribution in [0.25, 0.3) is 22.3 Å². The highest BCUT2D eigenvalue weighted by atomic mass is 27.1. The van der Waals surface area contributed by atoms with Crippen molar-refractivity contribution in [3.63, 3.8) is 0 Å². The number of fused-ring (bicyclic) bond motifs is 10. The summed E-state index contributed by atoms with van der Waals surface area (Å²) < 4.78 is 4.75. The van der Waals surface area contributed by atoms with Crippen molar-refractivity contribution in [1.82, 2.24) is 3.55 Å². The number of nitrogens with zero attached hydrogens (tertiary/aromatic N) is 1. The Hall–Kier alpha value is -1.46. The summed E-state index contributed by atoms with van der Waals surface area (Å²) in [5.74, 6) is 0. The molecule has 1 spiro atoms. The second-order valence-corrected chi connectivity index (χ2v) is 8.92. The van der Waals surface area contributed by atoms with Crippen molar-refractivity contribution in [3.8, 4) is 22.3 Å². The van der Waals surface area contributed by atoms with Gasteiger partial charge in [-0.3, -0.25) is 0 Å². The van der Waals surface area contributed by atoms with Gasteiger partial charge < -0.3 is 3.55 Å². The molecule has 2 aliphatic carbocycles. The zero-order valence-electron chi connectivity index (χ0n) is 14.6. The maximum Gasteiger partial charge on any atom is 0.314 e. The molecule has 4 aromatic rings. The molecule has 1 aromatic heterocycles. The fourth-order valence-electron chi connectivity index (χ4n) is 5.20. The van der Waals surface area contributed by atoms with Crippen molar-refractivity contribution in [2.45, 2.75) is 5.41 Å². The van der Waals surface area contributed by atoms with Crippen molar-refractivity contribution in [2.75, 3.05) is 0 Å². The normalized spacial score (nSPS) is 14.7. The Labute approximate surface area is 183 Å². The summed E-state index contributed by atoms with van der Waals surface area (Å²) in [4.78, 5) is 0. The van der Waals surface area contributed by atoms with Crippen LogP contribution in [-0.2, 0) is 5.41 Å². The van der Waals surface area contributed by atoms with Gasteiger partial charge in [-0.25, -0.2) is 0 Å². The van der Waals surface area contributed by atoms with Gasteiger partial charge in [-0.1, -0.05) is 72.8 Å². The van der Waals surface area contributed by atoms with Crippen LogP contribution >= 0.6 is 0 Å². The highest BCUT2D eigenvalue weighted by Crippen LogP contribution is 2.61. The quantitative estimate of drug-likeness (QED) is 0.355. The molecule has 0 bridgehead atoms. The summed E-state index contributed by atoms with van der Waals surface area (Å²) in [6.07, 6.45) is 0. The van der Waals surface area contributed by atoms with Crippen LogP contribution in [0.4, 0.5) is 0 Å². The smallest absolute Gasteiger partial charge is 0.314 e. The molecule has 0 fully saturated rings. The molecule has 2 aliphatic rings. The van der Waals surface area contributed by atoms with Crippen LogP contribution < -0.4 is 8.98 Å². The third kappa shape index (κ3) is 1.79. The molecule has 0 amide bonds. The zero-order chi connectivity index (χ0) is 18.3. The van der Waals surface area contributed by atoms with E-state index < -0.39 is 0 Å². The number of aromatic nitrogens is 1. The van der Waals surface area contributed by atoms with Crippen molar-refractivity contribution in [2.24, 2.45) is 0 Å². The molecular weight excluding hydrogens is 371 g/mol. The second-order valence-electron chi connectivity index (χ2n) is 7.28. The molecule has 0 saturated carbocycles. The number of rotatable bonds is 0. The van der Waals surface area contributed by atoms with Crippen LogP contribution in [0.2, 0.25) is 0 Å². The predicted molar refractivity (Wildman–Crippen MR) is 113 cm³/mol. The van der Waals surface area contributed by atoms with Crippen LogP contribution in [0, 0.1) is 0 Å². The largest absolute Gasteiger partial charge is 0.473 e. The van der Waals surface area contributed by atoms with Gasteiger partial charge >= 0.3 is 16.5 Å². The summed E-state index contributed by atoms with van der Waals surface area (Å²) in [5.41, 5.74) is 10.6. The van der Waals surface area contributed by atoms with Gasteiger partial charge in [-0.2, -0.15) is 0 Å². The van der Waals surface area contributed by atoms with Gasteiger partial charge in [0.2, 0.25) is 0 Å². The fraction of sp³-hybridized carbons (Fsp3) is 0.0435. The van der Waals surface area contributed by atoms with Crippen LogP contribution in [0.5, 0.6) is 0 Å². The Morgan fingerprint density at radius 1 is 0.630 bits per heavy atom. The first-order chi connectivity index (χ1) is 13.2. The predicted octanol–water partition coefficient (Wildman–Crippen LogP) is 2.35. The summed E-state index contributed by atoms with van der Waals surface area (Å²) in [6.45, 7) is 0. The standard InChI is InChI=1S/C23H12N.3Al/c1-4-10-19-15(7-1)16-8-2-5-11-20(16)23(19)21-12-6-3-9-17(21)18-13-14-24-22(18)23;;;/h1-12H;;;/q-1;;;+1. The lowest BCUT2D eigenvalue weighted by Crippen LogP contribution is -2.34. The van der Waals surface area contributed by atoms with E-state index in [-0.39, 0.29) is 5.41 Å². The molecule has 3 aromatic carbocycles. The molecule has 6 rings (SSSR count). The Balaban J connectivity index is 1.91. The monoisotopic (exact) mass is 383 g/mol. The lowest BCUT2D eigenvalue weighted by molar-refractivity contribution is 0.754. The van der Waals surface area contributed by atoms with Gasteiger partial charge in [0.05, 0.1) is 5.41 Å². The average molecular weight is 383 g/mol. The van der Waals surface area contributed by atoms with E-state index in [4.69, 9.17) is 0 Å². The summed E-state index contributed by atoms with van der Waals surface area (Å²) in [7, 11) is 0.